The van der Waals surface area contributed by atoms with Gasteiger partial charge >= 0.3 is 0 Å². The molecule has 1 saturated heterocycles. The zero-order chi connectivity index (χ0) is 16.9. The Morgan fingerprint density at radius 3 is 2.83 bits per heavy atom. The SMILES string of the molecule is Cc1cccc(N2CC(CNC(=O)C3CCCCC3)OCC2=O)c1. The van der Waals surface area contributed by atoms with Gasteiger partial charge in [-0.15, -0.1) is 0 Å². The standard InChI is InChI=1S/C19H26N2O3/c1-14-6-5-9-16(10-14)21-12-17(24-13-18(21)22)11-20-19(23)15-7-3-2-4-8-15/h5-6,9-10,15,17H,2-4,7-8,11-13H2,1H3,(H,20,23). The summed E-state index contributed by atoms with van der Waals surface area (Å²) in [5.41, 5.74) is 2.01. The number of aryl methyl sites for hydroxylation is 1. The first kappa shape index (κ1) is 17.0. The highest BCUT2D eigenvalue weighted by atomic mass is 16.5. The Bertz CT molecular complexity index is 596. The number of hydrogen-bond donors (Lipinski definition) is 1. The number of rotatable bonds is 4. The van der Waals surface area contributed by atoms with E-state index >= 15 is 0 Å². The van der Waals surface area contributed by atoms with Gasteiger partial charge in [-0.25, -0.2) is 0 Å². The number of anilines is 1. The third-order valence-corrected chi connectivity index (χ3v) is 4.92. The van der Waals surface area contributed by atoms with E-state index in [1.807, 2.05) is 31.2 Å². The van der Waals surface area contributed by atoms with Crippen molar-refractivity contribution in [2.45, 2.75) is 45.1 Å². The van der Waals surface area contributed by atoms with Crippen LogP contribution in [0.4, 0.5) is 5.69 Å². The lowest BCUT2D eigenvalue weighted by Crippen LogP contribution is -2.51. The Hall–Kier alpha value is -1.88. The molecule has 1 unspecified atom stereocenters. The average molecular weight is 330 g/mol. The molecule has 0 bridgehead atoms. The van der Waals surface area contributed by atoms with Gasteiger partial charge in [-0.05, 0) is 37.5 Å². The molecule has 24 heavy (non-hydrogen) atoms. The first-order valence-corrected chi connectivity index (χ1v) is 8.90. The minimum atomic E-state index is -0.157. The van der Waals surface area contributed by atoms with Crippen molar-refractivity contribution in [3.05, 3.63) is 29.8 Å². The number of amides is 2. The number of hydrogen-bond acceptors (Lipinski definition) is 3. The minimum Gasteiger partial charge on any atom is -0.365 e. The number of carbonyl (C=O) groups excluding carboxylic acids is 2. The third-order valence-electron chi connectivity index (χ3n) is 4.92. The number of benzene rings is 1. The molecule has 5 nitrogen and oxygen atoms in total. The fourth-order valence-corrected chi connectivity index (χ4v) is 3.52. The van der Waals surface area contributed by atoms with Crippen LogP contribution in [0, 0.1) is 12.8 Å². The second-order valence-electron chi connectivity index (χ2n) is 6.86. The Balaban J connectivity index is 1.55. The molecule has 1 N–H and O–H groups in total. The fourth-order valence-electron chi connectivity index (χ4n) is 3.52. The third kappa shape index (κ3) is 4.15. The Kier molecular flexibility index (Phi) is 5.51. The summed E-state index contributed by atoms with van der Waals surface area (Å²) in [6.45, 7) is 3.02. The Morgan fingerprint density at radius 2 is 2.08 bits per heavy atom. The van der Waals surface area contributed by atoms with Crippen molar-refractivity contribution in [1.29, 1.82) is 0 Å². The molecule has 2 amide bonds. The maximum absolute atomic E-state index is 12.3. The summed E-state index contributed by atoms with van der Waals surface area (Å²) in [4.78, 5) is 26.2. The van der Waals surface area contributed by atoms with Gasteiger partial charge in [0.1, 0.15) is 6.61 Å². The van der Waals surface area contributed by atoms with Gasteiger partial charge in [0, 0.05) is 18.2 Å². The number of ether oxygens (including phenoxy) is 1. The molecular weight excluding hydrogens is 304 g/mol. The van der Waals surface area contributed by atoms with E-state index in [0.717, 1.165) is 36.9 Å². The summed E-state index contributed by atoms with van der Waals surface area (Å²) in [6, 6.07) is 7.90. The van der Waals surface area contributed by atoms with E-state index < -0.39 is 0 Å². The first-order valence-electron chi connectivity index (χ1n) is 8.90. The number of nitrogens with one attached hydrogen (secondary N) is 1. The smallest absolute Gasteiger partial charge is 0.253 e. The molecule has 0 aromatic heterocycles. The zero-order valence-electron chi connectivity index (χ0n) is 14.3. The molecule has 130 valence electrons. The molecule has 1 atom stereocenters. The summed E-state index contributed by atoms with van der Waals surface area (Å²) < 4.78 is 5.60. The van der Waals surface area contributed by atoms with E-state index in [2.05, 4.69) is 5.32 Å². The second-order valence-corrected chi connectivity index (χ2v) is 6.86. The Morgan fingerprint density at radius 1 is 1.29 bits per heavy atom. The van der Waals surface area contributed by atoms with E-state index in [1.165, 1.54) is 6.42 Å². The lowest BCUT2D eigenvalue weighted by atomic mass is 9.88. The number of nitrogens with zero attached hydrogens (tertiary/aromatic N) is 1. The highest BCUT2D eigenvalue weighted by molar-refractivity contribution is 5.95. The van der Waals surface area contributed by atoms with Crippen molar-refractivity contribution in [3.8, 4) is 0 Å². The molecule has 0 spiro atoms. The molecule has 1 aliphatic carbocycles. The van der Waals surface area contributed by atoms with Crippen molar-refractivity contribution in [1.82, 2.24) is 5.32 Å². The van der Waals surface area contributed by atoms with Crippen LogP contribution in [0.15, 0.2) is 24.3 Å². The van der Waals surface area contributed by atoms with Crippen molar-refractivity contribution in [2.24, 2.45) is 5.92 Å². The molecule has 1 saturated carbocycles. The van der Waals surface area contributed by atoms with Gasteiger partial charge in [0.05, 0.1) is 12.6 Å². The van der Waals surface area contributed by atoms with E-state index in [0.29, 0.717) is 13.1 Å². The molecule has 2 aliphatic rings. The second kappa shape index (κ2) is 7.79. The topological polar surface area (TPSA) is 58.6 Å². The maximum Gasteiger partial charge on any atom is 0.253 e. The molecule has 1 aliphatic heterocycles. The molecule has 1 heterocycles. The average Bonchev–Trinajstić information content (AvgIpc) is 2.61. The van der Waals surface area contributed by atoms with Gasteiger partial charge < -0.3 is 15.0 Å². The van der Waals surface area contributed by atoms with Gasteiger partial charge in [-0.2, -0.15) is 0 Å². The quantitative estimate of drug-likeness (QED) is 0.922. The molecular formula is C19H26N2O3. The Labute approximate surface area is 143 Å². The zero-order valence-corrected chi connectivity index (χ0v) is 14.3. The summed E-state index contributed by atoms with van der Waals surface area (Å²) in [6.07, 6.45) is 5.36. The highest BCUT2D eigenvalue weighted by Crippen LogP contribution is 2.24. The number of carbonyl (C=O) groups is 2. The van der Waals surface area contributed by atoms with Crippen LogP contribution < -0.4 is 10.2 Å². The highest BCUT2D eigenvalue weighted by Gasteiger charge is 2.28. The summed E-state index contributed by atoms with van der Waals surface area (Å²) >= 11 is 0. The van der Waals surface area contributed by atoms with Crippen LogP contribution in [-0.2, 0) is 14.3 Å². The van der Waals surface area contributed by atoms with Crippen LogP contribution in [-0.4, -0.2) is 37.6 Å². The van der Waals surface area contributed by atoms with E-state index in [4.69, 9.17) is 4.74 Å². The number of morpholine rings is 1. The normalized spacial score (nSPS) is 22.5. The van der Waals surface area contributed by atoms with Crippen LogP contribution in [0.1, 0.15) is 37.7 Å². The lowest BCUT2D eigenvalue weighted by Gasteiger charge is -2.33. The van der Waals surface area contributed by atoms with Crippen LogP contribution in [0.3, 0.4) is 0 Å². The van der Waals surface area contributed by atoms with Gasteiger partial charge in [-0.3, -0.25) is 9.59 Å². The molecule has 5 heteroatoms. The van der Waals surface area contributed by atoms with Gasteiger partial charge in [-0.1, -0.05) is 31.4 Å². The summed E-state index contributed by atoms with van der Waals surface area (Å²) in [7, 11) is 0. The van der Waals surface area contributed by atoms with Crippen molar-refractivity contribution < 1.29 is 14.3 Å². The molecule has 1 aromatic carbocycles. The summed E-state index contributed by atoms with van der Waals surface area (Å²) in [5.74, 6) is 0.254. The predicted octanol–water partition coefficient (Wildman–Crippen LogP) is 2.42. The largest absolute Gasteiger partial charge is 0.365 e. The predicted molar refractivity (Wildman–Crippen MR) is 92.9 cm³/mol. The van der Waals surface area contributed by atoms with E-state index in [1.54, 1.807) is 4.90 Å². The monoisotopic (exact) mass is 330 g/mol. The molecule has 0 radical (unpaired) electrons. The van der Waals surface area contributed by atoms with Crippen LogP contribution in [0.2, 0.25) is 0 Å². The fraction of sp³-hybridized carbons (Fsp3) is 0.579. The molecule has 3 rings (SSSR count). The lowest BCUT2D eigenvalue weighted by molar-refractivity contribution is -0.130. The molecule has 2 fully saturated rings. The van der Waals surface area contributed by atoms with E-state index in [9.17, 15) is 9.59 Å². The van der Waals surface area contributed by atoms with Gasteiger partial charge in [0.25, 0.3) is 5.91 Å². The maximum atomic E-state index is 12.3. The van der Waals surface area contributed by atoms with Gasteiger partial charge in [0.15, 0.2) is 0 Å². The first-order chi connectivity index (χ1) is 11.6. The van der Waals surface area contributed by atoms with Crippen molar-refractivity contribution in [2.75, 3.05) is 24.6 Å². The van der Waals surface area contributed by atoms with Crippen LogP contribution >= 0.6 is 0 Å². The van der Waals surface area contributed by atoms with Crippen molar-refractivity contribution in [3.63, 3.8) is 0 Å². The van der Waals surface area contributed by atoms with Gasteiger partial charge in [0.2, 0.25) is 5.91 Å². The summed E-state index contributed by atoms with van der Waals surface area (Å²) in [5, 5.41) is 3.02. The van der Waals surface area contributed by atoms with Crippen LogP contribution in [0.5, 0.6) is 0 Å². The van der Waals surface area contributed by atoms with Crippen LogP contribution in [0.25, 0.3) is 0 Å². The minimum absolute atomic E-state index is 0.0320. The van der Waals surface area contributed by atoms with Crippen molar-refractivity contribution >= 4 is 17.5 Å². The van der Waals surface area contributed by atoms with E-state index in [-0.39, 0.29) is 30.4 Å². The molecule has 1 aromatic rings.